The largest absolute Gasteiger partial charge is 0.497 e. The second-order valence-electron chi connectivity index (χ2n) is 12.9. The van der Waals surface area contributed by atoms with Crippen LogP contribution in [0.25, 0.3) is 0 Å². The molecule has 2 heterocycles. The average molecular weight is 731 g/mol. The van der Waals surface area contributed by atoms with Crippen LogP contribution in [0.5, 0.6) is 11.5 Å². The number of H-pyrrole nitrogens is 1. The summed E-state index contributed by atoms with van der Waals surface area (Å²) in [4.78, 5) is 27.5. The minimum atomic E-state index is -1.68. The Balaban J connectivity index is 1.55. The van der Waals surface area contributed by atoms with Gasteiger partial charge in [0.15, 0.2) is 6.23 Å². The van der Waals surface area contributed by atoms with Crippen LogP contribution in [0.1, 0.15) is 63.5 Å². The van der Waals surface area contributed by atoms with Gasteiger partial charge in [-0.15, -0.1) is 0 Å². The van der Waals surface area contributed by atoms with E-state index < -0.39 is 43.8 Å². The Morgan fingerprint density at radius 2 is 1.48 bits per heavy atom. The van der Waals surface area contributed by atoms with Gasteiger partial charge in [0.2, 0.25) is 0 Å². The molecule has 3 aromatic carbocycles. The van der Waals surface area contributed by atoms with Crippen molar-refractivity contribution in [3.8, 4) is 17.6 Å². The highest BCUT2D eigenvalue weighted by molar-refractivity contribution is 7.44. The van der Waals surface area contributed by atoms with E-state index >= 15 is 0 Å². The van der Waals surface area contributed by atoms with E-state index in [-0.39, 0.29) is 31.7 Å². The number of ether oxygens (including phenoxy) is 4. The zero-order chi connectivity index (χ0) is 37.3. The topological polar surface area (TPSA) is 137 Å². The van der Waals surface area contributed by atoms with Gasteiger partial charge < -0.3 is 28.0 Å². The van der Waals surface area contributed by atoms with Crippen molar-refractivity contribution in [3.05, 3.63) is 129 Å². The fraction of sp³-hybridized carbons (Fsp3) is 0.410. The molecule has 1 aromatic heterocycles. The van der Waals surface area contributed by atoms with Crippen molar-refractivity contribution in [2.24, 2.45) is 0 Å². The zero-order valence-electron chi connectivity index (χ0n) is 30.4. The highest BCUT2D eigenvalue weighted by Crippen LogP contribution is 2.51. The van der Waals surface area contributed by atoms with Crippen LogP contribution < -0.4 is 20.7 Å². The lowest BCUT2D eigenvalue weighted by Gasteiger charge is -2.37. The van der Waals surface area contributed by atoms with Crippen molar-refractivity contribution in [2.45, 2.75) is 76.7 Å². The molecule has 4 atom stereocenters. The number of hydrogen-bond acceptors (Lipinski definition) is 10. The minimum Gasteiger partial charge on any atom is -0.497 e. The van der Waals surface area contributed by atoms with Crippen molar-refractivity contribution in [1.29, 1.82) is 5.26 Å². The van der Waals surface area contributed by atoms with E-state index in [0.717, 1.165) is 16.7 Å². The number of nitrogens with one attached hydrogen (secondary N) is 1. The molecule has 1 aliphatic heterocycles. The van der Waals surface area contributed by atoms with Gasteiger partial charge in [-0.05, 0) is 68.7 Å². The molecule has 0 amide bonds. The van der Waals surface area contributed by atoms with Gasteiger partial charge >= 0.3 is 5.69 Å². The molecule has 52 heavy (non-hydrogen) atoms. The summed E-state index contributed by atoms with van der Waals surface area (Å²) in [6, 6.07) is 29.0. The maximum absolute atomic E-state index is 13.2. The van der Waals surface area contributed by atoms with Gasteiger partial charge in [-0.25, -0.2) is 9.46 Å². The first-order valence-corrected chi connectivity index (χ1v) is 18.4. The Morgan fingerprint density at radius 1 is 0.904 bits per heavy atom. The van der Waals surface area contributed by atoms with E-state index in [1.807, 2.05) is 78.9 Å². The molecule has 5 rings (SSSR count). The van der Waals surface area contributed by atoms with Gasteiger partial charge in [-0.2, -0.15) is 5.26 Å². The first-order valence-electron chi connectivity index (χ1n) is 17.3. The van der Waals surface area contributed by atoms with Crippen LogP contribution in [0.15, 0.2) is 101 Å². The molecule has 1 saturated heterocycles. The first-order chi connectivity index (χ1) is 25.1. The molecule has 0 radical (unpaired) electrons. The van der Waals surface area contributed by atoms with E-state index in [0.29, 0.717) is 17.9 Å². The molecule has 0 aliphatic carbocycles. The summed E-state index contributed by atoms with van der Waals surface area (Å²) in [5.74, 6) is 1.41. The number of hydrogen-bond donors (Lipinski definition) is 1. The smallest absolute Gasteiger partial charge is 0.330 e. The Bertz CT molecular complexity index is 1820. The predicted molar refractivity (Wildman–Crippen MR) is 198 cm³/mol. The standard InChI is InChI=1S/C39H47N4O8P/c1-27(2)43(28(3)4)52(49-24-10-22-40)51-35-25-34(50-37(35)42-23-21-36(44)41-38(42)45)26-48-39(29-11-8-7-9-12-29,30-13-17-32(46-5)18-14-30)31-15-19-33(47-6)20-16-31/h7-9,11-21,23,27-28,34-35,37H,10,24-26H2,1-6H3,(H,41,44,45)/t34-,35?,37+,52?/m0/s1. The molecule has 0 saturated carbocycles. The van der Waals surface area contributed by atoms with Crippen molar-refractivity contribution in [2.75, 3.05) is 27.4 Å². The summed E-state index contributed by atoms with van der Waals surface area (Å²) in [5.41, 5.74) is 0.387. The number of aromatic nitrogens is 2. The van der Waals surface area contributed by atoms with Crippen molar-refractivity contribution in [3.63, 3.8) is 0 Å². The monoisotopic (exact) mass is 730 g/mol. The van der Waals surface area contributed by atoms with Crippen molar-refractivity contribution >= 4 is 8.53 Å². The number of nitrogens with zero attached hydrogens (tertiary/aromatic N) is 3. The zero-order valence-corrected chi connectivity index (χ0v) is 31.3. The lowest BCUT2D eigenvalue weighted by atomic mass is 9.80. The molecule has 13 heteroatoms. The molecule has 2 unspecified atom stereocenters. The van der Waals surface area contributed by atoms with Crippen LogP contribution in [0.3, 0.4) is 0 Å². The predicted octanol–water partition coefficient (Wildman–Crippen LogP) is 6.51. The summed E-state index contributed by atoms with van der Waals surface area (Å²) in [5, 5.41) is 9.23. The van der Waals surface area contributed by atoms with E-state index in [9.17, 15) is 14.9 Å². The number of methoxy groups -OCH3 is 2. The lowest BCUT2D eigenvalue weighted by molar-refractivity contribution is -0.0863. The normalized spacial score (nSPS) is 18.1. The third kappa shape index (κ3) is 8.81. The van der Waals surface area contributed by atoms with Crippen LogP contribution in [0, 0.1) is 11.3 Å². The van der Waals surface area contributed by atoms with Gasteiger partial charge in [0.05, 0.1) is 46.0 Å². The van der Waals surface area contributed by atoms with Gasteiger partial charge in [-0.3, -0.25) is 14.3 Å². The van der Waals surface area contributed by atoms with Crippen molar-refractivity contribution in [1.82, 2.24) is 14.2 Å². The van der Waals surface area contributed by atoms with E-state index in [1.165, 1.54) is 16.8 Å². The van der Waals surface area contributed by atoms with Crippen molar-refractivity contribution < 1.29 is 28.0 Å². The molecule has 1 N–H and O–H groups in total. The third-order valence-electron chi connectivity index (χ3n) is 8.82. The Morgan fingerprint density at radius 3 is 2.00 bits per heavy atom. The average Bonchev–Trinajstić information content (AvgIpc) is 3.54. The molecule has 1 fully saturated rings. The van der Waals surface area contributed by atoms with Gasteiger partial charge in [0.1, 0.15) is 23.2 Å². The first kappa shape index (κ1) is 38.9. The Labute approximate surface area is 305 Å². The Kier molecular flexibility index (Phi) is 13.4. The maximum Gasteiger partial charge on any atom is 0.330 e. The summed E-state index contributed by atoms with van der Waals surface area (Å²) in [6.45, 7) is 8.51. The van der Waals surface area contributed by atoms with Crippen LogP contribution >= 0.6 is 8.53 Å². The molecule has 4 aromatic rings. The highest BCUT2D eigenvalue weighted by atomic mass is 31.2. The molecule has 276 valence electrons. The van der Waals surface area contributed by atoms with Crippen LogP contribution in [0.4, 0.5) is 0 Å². The fourth-order valence-corrected chi connectivity index (χ4v) is 8.22. The molecular weight excluding hydrogens is 683 g/mol. The van der Waals surface area contributed by atoms with E-state index in [2.05, 4.69) is 43.4 Å². The number of nitriles is 1. The summed E-state index contributed by atoms with van der Waals surface area (Å²) in [7, 11) is 1.58. The third-order valence-corrected chi connectivity index (χ3v) is 11.0. The van der Waals surface area contributed by atoms with E-state index in [1.54, 1.807) is 14.2 Å². The maximum atomic E-state index is 13.2. The van der Waals surface area contributed by atoms with Crippen LogP contribution in [-0.4, -0.2) is 65.9 Å². The lowest BCUT2D eigenvalue weighted by Crippen LogP contribution is -2.38. The van der Waals surface area contributed by atoms with E-state index in [4.69, 9.17) is 28.0 Å². The number of rotatable bonds is 17. The minimum absolute atomic E-state index is 0.0596. The Hall–Kier alpha value is -4.34. The molecule has 1 aliphatic rings. The van der Waals surface area contributed by atoms with Gasteiger partial charge in [0, 0.05) is 30.8 Å². The summed E-state index contributed by atoms with van der Waals surface area (Å²) >= 11 is 0. The fourth-order valence-electron chi connectivity index (χ4n) is 6.49. The van der Waals surface area contributed by atoms with Gasteiger partial charge in [-0.1, -0.05) is 54.6 Å². The summed E-state index contributed by atoms with van der Waals surface area (Å²) < 4.78 is 41.2. The quantitative estimate of drug-likeness (QED) is 0.0727. The molecule has 0 bridgehead atoms. The molecular formula is C39H47N4O8P. The number of aromatic amines is 1. The SMILES string of the molecule is COc1ccc(C(OC[C@@H]2CC(OP(OCCC#N)N(C(C)C)C(C)C)[C@H](n3ccc(=O)[nH]c3=O)O2)(c2ccccc2)c2ccc(OC)cc2)cc1. The molecule has 0 spiro atoms. The van der Waals surface area contributed by atoms with Gasteiger partial charge in [0.25, 0.3) is 14.1 Å². The number of benzene rings is 3. The molecule has 12 nitrogen and oxygen atoms in total. The second-order valence-corrected chi connectivity index (χ2v) is 14.3. The van der Waals surface area contributed by atoms with Crippen LogP contribution in [0.2, 0.25) is 0 Å². The second kappa shape index (κ2) is 17.9. The van der Waals surface area contributed by atoms with Crippen LogP contribution in [-0.2, 0) is 24.1 Å². The highest BCUT2D eigenvalue weighted by Gasteiger charge is 2.44. The summed E-state index contributed by atoms with van der Waals surface area (Å²) in [6.07, 6.45) is -0.163.